The van der Waals surface area contributed by atoms with Crippen molar-refractivity contribution < 1.29 is 17.6 Å². The summed E-state index contributed by atoms with van der Waals surface area (Å²) in [5.41, 5.74) is 0.0861. The molecule has 19 heavy (non-hydrogen) atoms. The van der Waals surface area contributed by atoms with Crippen LogP contribution in [0.15, 0.2) is 24.3 Å². The summed E-state index contributed by atoms with van der Waals surface area (Å²) in [5, 5.41) is 0. The molecule has 0 unspecified atom stereocenters. The molecule has 0 atom stereocenters. The largest absolute Gasteiger partial charge is 0.416 e. The number of halogens is 4. The zero-order valence-corrected chi connectivity index (χ0v) is 10.6. The van der Waals surface area contributed by atoms with Crippen LogP contribution in [0, 0.1) is 5.82 Å². The van der Waals surface area contributed by atoms with E-state index in [1.165, 1.54) is 6.07 Å². The van der Waals surface area contributed by atoms with Crippen molar-refractivity contribution in [1.82, 2.24) is 4.90 Å². The molecule has 0 bridgehead atoms. The lowest BCUT2D eigenvalue weighted by Gasteiger charge is -2.26. The zero-order chi connectivity index (χ0) is 14.0. The van der Waals surface area contributed by atoms with Crippen molar-refractivity contribution in [1.29, 1.82) is 0 Å². The van der Waals surface area contributed by atoms with E-state index in [4.69, 9.17) is 0 Å². The van der Waals surface area contributed by atoms with Gasteiger partial charge < -0.3 is 0 Å². The van der Waals surface area contributed by atoms with Crippen LogP contribution in [-0.2, 0) is 6.18 Å². The molecule has 1 nitrogen and oxygen atoms in total. The van der Waals surface area contributed by atoms with Crippen molar-refractivity contribution in [2.45, 2.75) is 19.5 Å². The molecule has 1 aliphatic heterocycles. The van der Waals surface area contributed by atoms with Crippen LogP contribution >= 0.6 is 0 Å². The molecule has 0 N–H and O–H groups in total. The number of hydrogen-bond acceptors (Lipinski definition) is 1. The highest BCUT2D eigenvalue weighted by Crippen LogP contribution is 2.32. The minimum atomic E-state index is -4.50. The first-order chi connectivity index (χ1) is 8.91. The van der Waals surface area contributed by atoms with E-state index in [1.54, 1.807) is 0 Å². The molecule has 0 saturated carbocycles. The van der Waals surface area contributed by atoms with Crippen LogP contribution in [0.4, 0.5) is 17.6 Å². The molecule has 0 aromatic heterocycles. The summed E-state index contributed by atoms with van der Waals surface area (Å²) in [6, 6.07) is 2.73. The van der Waals surface area contributed by atoms with Gasteiger partial charge in [-0.1, -0.05) is 19.1 Å². The van der Waals surface area contributed by atoms with Crippen LogP contribution in [-0.4, -0.2) is 24.5 Å². The first-order valence-electron chi connectivity index (χ1n) is 6.20. The average Bonchev–Trinajstić information content (AvgIpc) is 2.37. The molecule has 0 fully saturated rings. The molecule has 1 aromatic carbocycles. The molecule has 104 valence electrons. The third kappa shape index (κ3) is 3.15. The second-order valence-electron chi connectivity index (χ2n) is 4.58. The van der Waals surface area contributed by atoms with E-state index in [1.807, 2.05) is 13.0 Å². The Labute approximate surface area is 109 Å². The number of nitrogens with zero attached hydrogens (tertiary/aromatic N) is 1. The van der Waals surface area contributed by atoms with Crippen LogP contribution in [0.2, 0.25) is 0 Å². The molecule has 0 saturated heterocycles. The Morgan fingerprint density at radius 2 is 2.00 bits per heavy atom. The number of alkyl halides is 3. The molecule has 2 rings (SSSR count). The van der Waals surface area contributed by atoms with E-state index in [0.29, 0.717) is 12.6 Å². The minimum Gasteiger partial charge on any atom is -0.299 e. The Morgan fingerprint density at radius 1 is 1.26 bits per heavy atom. The van der Waals surface area contributed by atoms with Gasteiger partial charge in [0.15, 0.2) is 0 Å². The predicted molar refractivity (Wildman–Crippen MR) is 66.1 cm³/mol. The SMILES string of the molecule is CCN1CCC=C(c2ccc(C(F)(F)F)cc2F)C1. The van der Waals surface area contributed by atoms with Crippen LogP contribution in [0.25, 0.3) is 5.57 Å². The Bertz CT molecular complexity index is 491. The molecule has 0 amide bonds. The lowest BCUT2D eigenvalue weighted by Crippen LogP contribution is -2.29. The van der Waals surface area contributed by atoms with Crippen LogP contribution < -0.4 is 0 Å². The highest BCUT2D eigenvalue weighted by atomic mass is 19.4. The topological polar surface area (TPSA) is 3.24 Å². The van der Waals surface area contributed by atoms with E-state index >= 15 is 0 Å². The molecule has 1 heterocycles. The molecule has 1 aliphatic rings. The van der Waals surface area contributed by atoms with Crippen molar-refractivity contribution in [2.75, 3.05) is 19.6 Å². The van der Waals surface area contributed by atoms with Crippen molar-refractivity contribution in [3.8, 4) is 0 Å². The average molecular weight is 273 g/mol. The van der Waals surface area contributed by atoms with Gasteiger partial charge in [-0.15, -0.1) is 0 Å². The Morgan fingerprint density at radius 3 is 2.58 bits per heavy atom. The van der Waals surface area contributed by atoms with Gasteiger partial charge in [0.25, 0.3) is 0 Å². The van der Waals surface area contributed by atoms with E-state index in [0.717, 1.165) is 31.1 Å². The fourth-order valence-corrected chi connectivity index (χ4v) is 2.22. The van der Waals surface area contributed by atoms with Gasteiger partial charge >= 0.3 is 6.18 Å². The van der Waals surface area contributed by atoms with Crippen molar-refractivity contribution in [3.05, 3.63) is 41.2 Å². The van der Waals surface area contributed by atoms with Crippen LogP contribution in [0.1, 0.15) is 24.5 Å². The fraction of sp³-hybridized carbons (Fsp3) is 0.429. The van der Waals surface area contributed by atoms with Crippen LogP contribution in [0.5, 0.6) is 0 Å². The van der Waals surface area contributed by atoms with Crippen molar-refractivity contribution >= 4 is 5.57 Å². The van der Waals surface area contributed by atoms with Gasteiger partial charge in [-0.2, -0.15) is 13.2 Å². The molecule has 5 heteroatoms. The van der Waals surface area contributed by atoms with Gasteiger partial charge in [-0.3, -0.25) is 4.90 Å². The Balaban J connectivity index is 2.29. The molecule has 0 radical (unpaired) electrons. The summed E-state index contributed by atoms with van der Waals surface area (Å²) in [6.45, 7) is 4.34. The molecular formula is C14H15F4N. The smallest absolute Gasteiger partial charge is 0.299 e. The molecule has 0 spiro atoms. The standard InChI is InChI=1S/C14H15F4N/c1-2-19-7-3-4-10(9-19)12-6-5-11(8-13(12)15)14(16,17)18/h4-6,8H,2-3,7,9H2,1H3. The van der Waals surface area contributed by atoms with E-state index in [-0.39, 0.29) is 5.56 Å². The van der Waals surface area contributed by atoms with Gasteiger partial charge in [-0.25, -0.2) is 4.39 Å². The first kappa shape index (κ1) is 14.1. The highest BCUT2D eigenvalue weighted by Gasteiger charge is 2.31. The Hall–Kier alpha value is -1.36. The quantitative estimate of drug-likeness (QED) is 0.737. The minimum absolute atomic E-state index is 0.270. The van der Waals surface area contributed by atoms with Gasteiger partial charge in [0, 0.05) is 18.7 Å². The summed E-state index contributed by atoms with van der Waals surface area (Å²) >= 11 is 0. The summed E-state index contributed by atoms with van der Waals surface area (Å²) in [6.07, 6.45) is -1.81. The maximum Gasteiger partial charge on any atom is 0.416 e. The van der Waals surface area contributed by atoms with E-state index < -0.39 is 17.6 Å². The monoisotopic (exact) mass is 273 g/mol. The van der Waals surface area contributed by atoms with Gasteiger partial charge in [0.05, 0.1) is 5.56 Å². The van der Waals surface area contributed by atoms with Gasteiger partial charge in [0.2, 0.25) is 0 Å². The zero-order valence-electron chi connectivity index (χ0n) is 10.6. The normalized spacial score (nSPS) is 17.4. The maximum atomic E-state index is 13.8. The predicted octanol–water partition coefficient (Wildman–Crippen LogP) is 3.95. The molecule has 0 aliphatic carbocycles. The lowest BCUT2D eigenvalue weighted by atomic mass is 9.99. The van der Waals surface area contributed by atoms with Crippen molar-refractivity contribution in [3.63, 3.8) is 0 Å². The second-order valence-corrected chi connectivity index (χ2v) is 4.58. The number of rotatable bonds is 2. The highest BCUT2D eigenvalue weighted by molar-refractivity contribution is 5.68. The second kappa shape index (κ2) is 5.33. The summed E-state index contributed by atoms with van der Waals surface area (Å²) in [4.78, 5) is 2.13. The molecular weight excluding hydrogens is 258 g/mol. The Kier molecular flexibility index (Phi) is 3.94. The number of hydrogen-bond donors (Lipinski definition) is 0. The summed E-state index contributed by atoms with van der Waals surface area (Å²) in [5.74, 6) is -0.806. The van der Waals surface area contributed by atoms with Crippen molar-refractivity contribution in [2.24, 2.45) is 0 Å². The van der Waals surface area contributed by atoms with Crippen LogP contribution in [0.3, 0.4) is 0 Å². The third-order valence-electron chi connectivity index (χ3n) is 3.32. The number of benzene rings is 1. The number of likely N-dealkylation sites (N-methyl/N-ethyl adjacent to an activating group) is 1. The fourth-order valence-electron chi connectivity index (χ4n) is 2.22. The summed E-state index contributed by atoms with van der Waals surface area (Å²) < 4.78 is 51.2. The third-order valence-corrected chi connectivity index (χ3v) is 3.32. The summed E-state index contributed by atoms with van der Waals surface area (Å²) in [7, 11) is 0. The van der Waals surface area contributed by atoms with Gasteiger partial charge in [0.1, 0.15) is 5.82 Å². The maximum absolute atomic E-state index is 13.8. The first-order valence-corrected chi connectivity index (χ1v) is 6.20. The molecule has 1 aromatic rings. The van der Waals surface area contributed by atoms with E-state index in [9.17, 15) is 17.6 Å². The van der Waals surface area contributed by atoms with E-state index in [2.05, 4.69) is 4.90 Å². The van der Waals surface area contributed by atoms with Gasteiger partial charge in [-0.05, 0) is 30.7 Å². The lowest BCUT2D eigenvalue weighted by molar-refractivity contribution is -0.137.